The van der Waals surface area contributed by atoms with E-state index in [2.05, 4.69) is 10.3 Å². The Morgan fingerprint density at radius 1 is 1.10 bits per heavy atom. The SMILES string of the molecule is O=C(NCCCc1ccncc1)C1CC12CCN(C(=O)CCOc1ccccc1)CC2. The number of nitrogens with one attached hydrogen (secondary N) is 1. The van der Waals surface area contributed by atoms with Gasteiger partial charge in [0, 0.05) is 37.9 Å². The van der Waals surface area contributed by atoms with Crippen molar-refractivity contribution in [1.82, 2.24) is 15.2 Å². The molecule has 1 unspecified atom stereocenters. The van der Waals surface area contributed by atoms with Crippen LogP contribution < -0.4 is 10.1 Å². The summed E-state index contributed by atoms with van der Waals surface area (Å²) in [4.78, 5) is 31.0. The van der Waals surface area contributed by atoms with Crippen LogP contribution in [0.3, 0.4) is 0 Å². The van der Waals surface area contributed by atoms with E-state index < -0.39 is 0 Å². The van der Waals surface area contributed by atoms with E-state index in [0.717, 1.165) is 50.9 Å². The molecule has 2 aromatic rings. The summed E-state index contributed by atoms with van der Waals surface area (Å²) in [7, 11) is 0. The molecule has 2 fully saturated rings. The molecule has 1 saturated heterocycles. The summed E-state index contributed by atoms with van der Waals surface area (Å²) in [6, 6.07) is 13.6. The van der Waals surface area contributed by atoms with Crippen LogP contribution in [0.15, 0.2) is 54.9 Å². The Balaban J connectivity index is 1.12. The molecule has 2 heterocycles. The van der Waals surface area contributed by atoms with Crippen molar-refractivity contribution in [3.63, 3.8) is 0 Å². The zero-order chi connectivity index (χ0) is 21.5. The van der Waals surface area contributed by atoms with Gasteiger partial charge >= 0.3 is 0 Å². The molecule has 1 saturated carbocycles. The zero-order valence-corrected chi connectivity index (χ0v) is 18.0. The second kappa shape index (κ2) is 9.94. The number of piperidine rings is 1. The minimum absolute atomic E-state index is 0.118. The first-order chi connectivity index (χ1) is 15.2. The largest absolute Gasteiger partial charge is 0.493 e. The van der Waals surface area contributed by atoms with E-state index in [1.807, 2.05) is 47.4 Å². The fourth-order valence-electron chi connectivity index (χ4n) is 4.58. The maximum Gasteiger partial charge on any atom is 0.225 e. The first kappa shape index (κ1) is 21.3. The van der Waals surface area contributed by atoms with Gasteiger partial charge in [0.05, 0.1) is 13.0 Å². The normalized spacial score (nSPS) is 19.1. The number of hydrogen-bond acceptors (Lipinski definition) is 4. The van der Waals surface area contributed by atoms with Crippen LogP contribution in [0, 0.1) is 11.3 Å². The Morgan fingerprint density at radius 3 is 2.58 bits per heavy atom. The molecule has 6 heteroatoms. The number of rotatable bonds is 9. The third-order valence-corrected chi connectivity index (χ3v) is 6.64. The van der Waals surface area contributed by atoms with Crippen molar-refractivity contribution in [2.45, 2.75) is 38.5 Å². The van der Waals surface area contributed by atoms with E-state index in [4.69, 9.17) is 4.74 Å². The third-order valence-electron chi connectivity index (χ3n) is 6.64. The number of nitrogens with zero attached hydrogens (tertiary/aromatic N) is 2. The highest BCUT2D eigenvalue weighted by Crippen LogP contribution is 2.59. The van der Waals surface area contributed by atoms with Gasteiger partial charge in [-0.2, -0.15) is 0 Å². The van der Waals surface area contributed by atoms with Crippen molar-refractivity contribution in [2.75, 3.05) is 26.2 Å². The quantitative estimate of drug-likeness (QED) is 0.631. The number of carbonyl (C=O) groups is 2. The lowest BCUT2D eigenvalue weighted by Gasteiger charge is -2.33. The van der Waals surface area contributed by atoms with Crippen molar-refractivity contribution in [3.05, 3.63) is 60.4 Å². The molecule has 4 rings (SSSR count). The summed E-state index contributed by atoms with van der Waals surface area (Å²) in [5, 5.41) is 3.11. The van der Waals surface area contributed by atoms with Crippen LogP contribution in [0.5, 0.6) is 5.75 Å². The molecular weight excluding hydrogens is 390 g/mol. The highest BCUT2D eigenvalue weighted by molar-refractivity contribution is 5.82. The number of pyridine rings is 1. The number of ether oxygens (including phenoxy) is 1. The number of likely N-dealkylation sites (tertiary alicyclic amines) is 1. The molecule has 1 aliphatic carbocycles. The van der Waals surface area contributed by atoms with Gasteiger partial charge < -0.3 is 15.0 Å². The van der Waals surface area contributed by atoms with Gasteiger partial charge in [0.15, 0.2) is 0 Å². The average Bonchev–Trinajstić information content (AvgIpc) is 3.51. The highest BCUT2D eigenvalue weighted by Gasteiger charge is 2.58. The van der Waals surface area contributed by atoms with Crippen LogP contribution in [0.25, 0.3) is 0 Å². The van der Waals surface area contributed by atoms with Crippen molar-refractivity contribution in [3.8, 4) is 5.75 Å². The second-order valence-corrected chi connectivity index (χ2v) is 8.66. The predicted octanol–water partition coefficient (Wildman–Crippen LogP) is 3.23. The lowest BCUT2D eigenvalue weighted by Crippen LogP contribution is -2.41. The molecule has 1 atom stereocenters. The Labute approximate surface area is 184 Å². The van der Waals surface area contributed by atoms with Gasteiger partial charge in [-0.05, 0) is 67.3 Å². The Kier molecular flexibility index (Phi) is 6.85. The van der Waals surface area contributed by atoms with E-state index in [9.17, 15) is 9.59 Å². The standard InChI is InChI=1S/C25H31N3O3/c29-23(10-18-31-21-6-2-1-3-7-21)28-16-11-25(12-17-28)19-22(25)24(30)27-13-4-5-20-8-14-26-15-9-20/h1-3,6-9,14-15,22H,4-5,10-13,16-19H2,(H,27,30). The van der Waals surface area contributed by atoms with Gasteiger partial charge in [0.1, 0.15) is 5.75 Å². The van der Waals surface area contributed by atoms with E-state index in [-0.39, 0.29) is 23.1 Å². The molecule has 1 spiro atoms. The molecule has 0 bridgehead atoms. The highest BCUT2D eigenvalue weighted by atomic mass is 16.5. The summed E-state index contributed by atoms with van der Waals surface area (Å²) in [6.45, 7) is 2.60. The van der Waals surface area contributed by atoms with Crippen LogP contribution in [-0.4, -0.2) is 47.9 Å². The maximum atomic E-state index is 12.6. The minimum Gasteiger partial charge on any atom is -0.493 e. The van der Waals surface area contributed by atoms with Gasteiger partial charge in [-0.15, -0.1) is 0 Å². The van der Waals surface area contributed by atoms with Crippen LogP contribution in [0.1, 0.15) is 37.7 Å². The van der Waals surface area contributed by atoms with Crippen LogP contribution in [0.4, 0.5) is 0 Å². The van der Waals surface area contributed by atoms with Crippen LogP contribution in [0.2, 0.25) is 0 Å². The van der Waals surface area contributed by atoms with Gasteiger partial charge in [-0.3, -0.25) is 14.6 Å². The number of para-hydroxylation sites is 1. The molecule has 1 aromatic carbocycles. The molecule has 1 aliphatic heterocycles. The Hall–Kier alpha value is -2.89. The third kappa shape index (κ3) is 5.63. The lowest BCUT2D eigenvalue weighted by atomic mass is 9.90. The molecule has 31 heavy (non-hydrogen) atoms. The molecule has 164 valence electrons. The Morgan fingerprint density at radius 2 is 1.84 bits per heavy atom. The molecule has 6 nitrogen and oxygen atoms in total. The van der Waals surface area contributed by atoms with E-state index in [1.54, 1.807) is 12.4 Å². The van der Waals surface area contributed by atoms with Crippen molar-refractivity contribution >= 4 is 11.8 Å². The molecule has 2 aliphatic rings. The first-order valence-corrected chi connectivity index (χ1v) is 11.3. The number of benzene rings is 1. The van der Waals surface area contributed by atoms with Gasteiger partial charge in [-0.25, -0.2) is 0 Å². The predicted molar refractivity (Wildman–Crippen MR) is 118 cm³/mol. The van der Waals surface area contributed by atoms with E-state index in [0.29, 0.717) is 19.6 Å². The fourth-order valence-corrected chi connectivity index (χ4v) is 4.58. The topological polar surface area (TPSA) is 71.5 Å². The fraction of sp³-hybridized carbons (Fsp3) is 0.480. The average molecular weight is 422 g/mol. The monoisotopic (exact) mass is 421 g/mol. The van der Waals surface area contributed by atoms with Crippen LogP contribution in [-0.2, 0) is 16.0 Å². The molecule has 2 amide bonds. The minimum atomic E-state index is 0.118. The van der Waals surface area contributed by atoms with Gasteiger partial charge in [-0.1, -0.05) is 18.2 Å². The van der Waals surface area contributed by atoms with E-state index in [1.165, 1.54) is 5.56 Å². The summed E-state index contributed by atoms with van der Waals surface area (Å²) in [5.74, 6) is 1.24. The number of aryl methyl sites for hydroxylation is 1. The molecule has 1 N–H and O–H groups in total. The van der Waals surface area contributed by atoms with Crippen molar-refractivity contribution < 1.29 is 14.3 Å². The smallest absolute Gasteiger partial charge is 0.225 e. The number of aromatic nitrogens is 1. The van der Waals surface area contributed by atoms with Crippen molar-refractivity contribution in [1.29, 1.82) is 0 Å². The lowest BCUT2D eigenvalue weighted by molar-refractivity contribution is -0.133. The van der Waals surface area contributed by atoms with Gasteiger partial charge in [0.25, 0.3) is 0 Å². The van der Waals surface area contributed by atoms with E-state index >= 15 is 0 Å². The summed E-state index contributed by atoms with van der Waals surface area (Å²) in [6.07, 6.45) is 8.68. The first-order valence-electron chi connectivity index (χ1n) is 11.3. The number of amides is 2. The summed E-state index contributed by atoms with van der Waals surface area (Å²) < 4.78 is 5.64. The zero-order valence-electron chi connectivity index (χ0n) is 18.0. The molecular formula is C25H31N3O3. The Bertz CT molecular complexity index is 864. The van der Waals surface area contributed by atoms with Gasteiger partial charge in [0.2, 0.25) is 11.8 Å². The molecule has 0 radical (unpaired) electrons. The second-order valence-electron chi connectivity index (χ2n) is 8.66. The number of carbonyl (C=O) groups excluding carboxylic acids is 2. The molecule has 1 aromatic heterocycles. The number of hydrogen-bond donors (Lipinski definition) is 1. The maximum absolute atomic E-state index is 12.6. The van der Waals surface area contributed by atoms with Crippen LogP contribution >= 0.6 is 0 Å². The summed E-state index contributed by atoms with van der Waals surface area (Å²) >= 11 is 0. The van der Waals surface area contributed by atoms with Crippen molar-refractivity contribution in [2.24, 2.45) is 11.3 Å². The summed E-state index contributed by atoms with van der Waals surface area (Å²) in [5.41, 5.74) is 1.37.